The zero-order valence-electron chi connectivity index (χ0n) is 11.2. The maximum absolute atomic E-state index is 5.56. The monoisotopic (exact) mass is 316 g/mol. The molecule has 104 valence electrons. The summed E-state index contributed by atoms with van der Waals surface area (Å²) in [7, 11) is 1.98. The molecule has 1 aromatic heterocycles. The second-order valence-corrected chi connectivity index (χ2v) is 7.86. The lowest BCUT2D eigenvalue weighted by atomic mass is 10.3. The summed E-state index contributed by atoms with van der Waals surface area (Å²) in [4.78, 5) is 0.839. The summed E-state index contributed by atoms with van der Waals surface area (Å²) < 4.78 is 18.9. The van der Waals surface area contributed by atoms with Gasteiger partial charge in [-0.25, -0.2) is 0 Å². The van der Waals surface area contributed by atoms with Gasteiger partial charge in [-0.05, 0) is 37.8 Å². The predicted molar refractivity (Wildman–Crippen MR) is 83.9 cm³/mol. The van der Waals surface area contributed by atoms with E-state index < -0.39 is 6.64 Å². The summed E-state index contributed by atoms with van der Waals surface area (Å²) in [5.41, 5.74) is 1.14. The lowest BCUT2D eigenvalue weighted by Gasteiger charge is -2.14. The van der Waals surface area contributed by atoms with E-state index in [1.807, 2.05) is 37.6 Å². The molecule has 0 radical (unpaired) electrons. The number of benzene rings is 1. The molecule has 7 heteroatoms. The van der Waals surface area contributed by atoms with Crippen LogP contribution in [0.3, 0.4) is 0 Å². The van der Waals surface area contributed by atoms with Crippen LogP contribution >= 0.6 is 18.0 Å². The minimum absolute atomic E-state index is 0.509. The average molecular weight is 316 g/mol. The molecule has 2 aromatic rings. The highest BCUT2D eigenvalue weighted by Gasteiger charge is 2.17. The summed E-state index contributed by atoms with van der Waals surface area (Å²) in [6, 6.07) is 8.17. The number of fused-ring (bicyclic) bond motifs is 1. The number of nitrogens with zero attached hydrogens (tertiary/aromatic N) is 2. The van der Waals surface area contributed by atoms with E-state index >= 15 is 0 Å². The highest BCUT2D eigenvalue weighted by Crippen LogP contribution is 2.49. The van der Waals surface area contributed by atoms with Crippen molar-refractivity contribution in [3.05, 3.63) is 29.1 Å². The summed E-state index contributed by atoms with van der Waals surface area (Å²) in [6.45, 7) is 2.25. The fourth-order valence-corrected chi connectivity index (χ4v) is 5.28. The molecule has 1 heterocycles. The molecule has 4 nitrogen and oxygen atoms in total. The lowest BCUT2D eigenvalue weighted by Crippen LogP contribution is -2.10. The van der Waals surface area contributed by atoms with Gasteiger partial charge in [0.2, 0.25) is 0 Å². The van der Waals surface area contributed by atoms with E-state index in [1.165, 1.54) is 4.70 Å². The maximum atomic E-state index is 5.56. The Kier molecular flexibility index (Phi) is 4.92. The summed E-state index contributed by atoms with van der Waals surface area (Å²) in [6.07, 6.45) is 0. The van der Waals surface area contributed by atoms with Gasteiger partial charge in [0, 0.05) is 7.05 Å². The number of aromatic nitrogens is 1. The average Bonchev–Trinajstić information content (AvgIpc) is 2.67. The fraction of sp³-hybridized carbons (Fsp3) is 0.417. The molecule has 0 spiro atoms. The molecule has 0 unspecified atom stereocenters. The van der Waals surface area contributed by atoms with E-state index in [1.54, 1.807) is 11.3 Å². The third-order valence-electron chi connectivity index (χ3n) is 2.51. The molecule has 0 amide bonds. The number of para-hydroxylation sites is 1. The van der Waals surface area contributed by atoms with Crippen molar-refractivity contribution in [2.24, 2.45) is 11.8 Å². The van der Waals surface area contributed by atoms with E-state index in [4.69, 9.17) is 20.9 Å². The van der Waals surface area contributed by atoms with E-state index in [0.717, 1.165) is 10.3 Å². The van der Waals surface area contributed by atoms with Crippen molar-refractivity contribution in [2.75, 3.05) is 13.2 Å². The third kappa shape index (κ3) is 3.33. The molecule has 0 aliphatic heterocycles. The maximum Gasteiger partial charge on any atom is 0.311 e. The van der Waals surface area contributed by atoms with Crippen molar-refractivity contribution >= 4 is 40.0 Å². The topological polar surface area (TPSA) is 35.8 Å². The Labute approximate surface area is 121 Å². The van der Waals surface area contributed by atoms with Gasteiger partial charge in [-0.1, -0.05) is 23.5 Å². The molecule has 0 saturated heterocycles. The number of hydrogen-bond acceptors (Lipinski definition) is 4. The van der Waals surface area contributed by atoms with E-state index in [-0.39, 0.29) is 0 Å². The Morgan fingerprint density at radius 2 is 1.89 bits per heavy atom. The second kappa shape index (κ2) is 6.29. The molecule has 19 heavy (non-hydrogen) atoms. The van der Waals surface area contributed by atoms with Gasteiger partial charge >= 0.3 is 6.64 Å². The van der Waals surface area contributed by atoms with Crippen molar-refractivity contribution in [2.45, 2.75) is 13.8 Å². The number of hydrogen-bond donors (Lipinski definition) is 0. The van der Waals surface area contributed by atoms with Crippen LogP contribution in [0, 0.1) is 0 Å². The Balaban J connectivity index is 2.55. The van der Waals surface area contributed by atoms with E-state index in [0.29, 0.717) is 13.2 Å². The van der Waals surface area contributed by atoms with Crippen LogP contribution in [0.15, 0.2) is 29.0 Å². The van der Waals surface area contributed by atoms with Crippen molar-refractivity contribution in [3.8, 4) is 0 Å². The lowest BCUT2D eigenvalue weighted by molar-refractivity contribution is 0.266. The first-order chi connectivity index (χ1) is 9.09. The first kappa shape index (κ1) is 14.9. The molecule has 0 aliphatic carbocycles. The molecular formula is C12H17N2O2PS2. The van der Waals surface area contributed by atoms with Gasteiger partial charge in [0.05, 0.1) is 23.4 Å². The zero-order chi connectivity index (χ0) is 13.9. The number of thiazole rings is 1. The van der Waals surface area contributed by atoms with Gasteiger partial charge in [-0.15, -0.1) is 0 Å². The molecular weight excluding hydrogens is 299 g/mol. The van der Waals surface area contributed by atoms with Crippen LogP contribution in [-0.4, -0.2) is 17.8 Å². The van der Waals surface area contributed by atoms with Crippen LogP contribution in [0.2, 0.25) is 0 Å². The molecule has 0 N–H and O–H groups in total. The van der Waals surface area contributed by atoms with Gasteiger partial charge in [-0.3, -0.25) is 0 Å². The summed E-state index contributed by atoms with van der Waals surface area (Å²) >= 11 is 7.04. The van der Waals surface area contributed by atoms with E-state index in [2.05, 4.69) is 16.9 Å². The summed E-state index contributed by atoms with van der Waals surface area (Å²) in [5, 5.41) is 0. The minimum Gasteiger partial charge on any atom is -0.319 e. The quantitative estimate of drug-likeness (QED) is 0.793. The Morgan fingerprint density at radius 3 is 2.47 bits per heavy atom. The van der Waals surface area contributed by atoms with Crippen molar-refractivity contribution in [1.29, 1.82) is 0 Å². The van der Waals surface area contributed by atoms with Gasteiger partial charge in [0.1, 0.15) is 0 Å². The van der Waals surface area contributed by atoms with Crippen molar-refractivity contribution in [3.63, 3.8) is 0 Å². The molecule has 0 bridgehead atoms. The molecule has 0 fully saturated rings. The number of rotatable bonds is 5. The standard InChI is InChI=1S/C12H17N2O2PS2/c1-4-15-17(18,16-5-2)13-12-14(3)10-8-6-7-9-11(10)19-12/h6-9H,4-5H2,1-3H3/b13-12+. The SMILES string of the molecule is CCOP(=S)(/N=c1/sc2ccccc2n1C)OCC. The third-order valence-corrected chi connectivity index (χ3v) is 6.24. The fourth-order valence-electron chi connectivity index (χ4n) is 1.70. The Bertz CT molecular complexity index is 668. The highest BCUT2D eigenvalue weighted by atomic mass is 32.5. The van der Waals surface area contributed by atoms with Gasteiger partial charge in [-0.2, -0.15) is 4.76 Å². The predicted octanol–water partition coefficient (Wildman–Crippen LogP) is 3.44. The van der Waals surface area contributed by atoms with Gasteiger partial charge < -0.3 is 13.6 Å². The summed E-state index contributed by atoms with van der Waals surface area (Å²) in [5.74, 6) is 0. The smallest absolute Gasteiger partial charge is 0.311 e. The molecule has 2 rings (SSSR count). The van der Waals surface area contributed by atoms with Gasteiger partial charge in [0.15, 0.2) is 4.80 Å². The van der Waals surface area contributed by atoms with Crippen molar-refractivity contribution in [1.82, 2.24) is 4.57 Å². The molecule has 0 atom stereocenters. The van der Waals surface area contributed by atoms with E-state index in [9.17, 15) is 0 Å². The van der Waals surface area contributed by atoms with Crippen LogP contribution in [-0.2, 0) is 27.9 Å². The first-order valence-corrected chi connectivity index (χ1v) is 9.50. The van der Waals surface area contributed by atoms with Crippen LogP contribution in [0.1, 0.15) is 13.8 Å². The Morgan fingerprint density at radius 1 is 1.26 bits per heavy atom. The van der Waals surface area contributed by atoms with Crippen LogP contribution in [0.4, 0.5) is 0 Å². The minimum atomic E-state index is -2.58. The first-order valence-electron chi connectivity index (χ1n) is 6.09. The zero-order valence-corrected chi connectivity index (χ0v) is 13.7. The van der Waals surface area contributed by atoms with Crippen LogP contribution in [0.25, 0.3) is 10.2 Å². The largest absolute Gasteiger partial charge is 0.319 e. The van der Waals surface area contributed by atoms with Crippen molar-refractivity contribution < 1.29 is 9.05 Å². The van der Waals surface area contributed by atoms with Gasteiger partial charge in [0.25, 0.3) is 0 Å². The van der Waals surface area contributed by atoms with Crippen LogP contribution < -0.4 is 4.80 Å². The normalized spacial score (nSPS) is 13.3. The molecule has 0 aliphatic rings. The highest BCUT2D eigenvalue weighted by molar-refractivity contribution is 8.09. The number of aryl methyl sites for hydroxylation is 1. The van der Waals surface area contributed by atoms with Crippen LogP contribution in [0.5, 0.6) is 0 Å². The molecule has 1 aromatic carbocycles. The molecule has 0 saturated carbocycles. The Hall–Kier alpha value is -0.520. The second-order valence-electron chi connectivity index (χ2n) is 3.82.